The Hall–Kier alpha value is -1.36. The third kappa shape index (κ3) is 3.71. The zero-order valence-corrected chi connectivity index (χ0v) is 7.83. The standard InChI is InChI=1S/C10H10F3NO/c11-10(12,13)8-4-5-9(14-7-8)3-1-2-6-15/h1,3-5,7,15H,2,6H2. The zero-order chi connectivity index (χ0) is 11.3. The summed E-state index contributed by atoms with van der Waals surface area (Å²) in [6, 6.07) is 2.27. The van der Waals surface area contributed by atoms with E-state index in [9.17, 15) is 13.2 Å². The van der Waals surface area contributed by atoms with Gasteiger partial charge in [-0.2, -0.15) is 13.2 Å². The minimum atomic E-state index is -4.35. The smallest absolute Gasteiger partial charge is 0.396 e. The van der Waals surface area contributed by atoms with Crippen molar-refractivity contribution in [2.75, 3.05) is 6.61 Å². The molecule has 1 rings (SSSR count). The van der Waals surface area contributed by atoms with E-state index in [0.717, 1.165) is 12.3 Å². The fraction of sp³-hybridized carbons (Fsp3) is 0.300. The van der Waals surface area contributed by atoms with E-state index in [1.54, 1.807) is 12.2 Å². The van der Waals surface area contributed by atoms with Gasteiger partial charge in [-0.05, 0) is 24.6 Å². The van der Waals surface area contributed by atoms with E-state index in [4.69, 9.17) is 5.11 Å². The molecule has 0 spiro atoms. The molecule has 0 aliphatic heterocycles. The Labute approximate surface area is 85.1 Å². The highest BCUT2D eigenvalue weighted by molar-refractivity contribution is 5.44. The third-order valence-electron chi connectivity index (χ3n) is 1.70. The van der Waals surface area contributed by atoms with Gasteiger partial charge in [0.2, 0.25) is 0 Å². The molecule has 0 fully saturated rings. The lowest BCUT2D eigenvalue weighted by atomic mass is 10.2. The van der Waals surface area contributed by atoms with E-state index in [-0.39, 0.29) is 6.61 Å². The Bertz CT molecular complexity index is 330. The Morgan fingerprint density at radius 3 is 2.53 bits per heavy atom. The maximum atomic E-state index is 12.1. The number of alkyl halides is 3. The topological polar surface area (TPSA) is 33.1 Å². The molecule has 1 aromatic heterocycles. The highest BCUT2D eigenvalue weighted by Crippen LogP contribution is 2.28. The van der Waals surface area contributed by atoms with Crippen molar-refractivity contribution in [3.63, 3.8) is 0 Å². The molecule has 0 aliphatic rings. The van der Waals surface area contributed by atoms with Gasteiger partial charge in [0.15, 0.2) is 0 Å². The molecule has 0 saturated carbocycles. The number of rotatable bonds is 3. The summed E-state index contributed by atoms with van der Waals surface area (Å²) >= 11 is 0. The van der Waals surface area contributed by atoms with E-state index in [2.05, 4.69) is 4.98 Å². The number of pyridine rings is 1. The lowest BCUT2D eigenvalue weighted by Crippen LogP contribution is -2.05. The average molecular weight is 217 g/mol. The van der Waals surface area contributed by atoms with E-state index < -0.39 is 11.7 Å². The number of aromatic nitrogens is 1. The van der Waals surface area contributed by atoms with Crippen LogP contribution in [0.5, 0.6) is 0 Å². The summed E-state index contributed by atoms with van der Waals surface area (Å²) in [5, 5.41) is 8.47. The van der Waals surface area contributed by atoms with Crippen LogP contribution in [-0.4, -0.2) is 16.7 Å². The molecule has 82 valence electrons. The molecule has 0 radical (unpaired) electrons. The first-order chi connectivity index (χ1) is 7.04. The molecular formula is C10H10F3NO. The van der Waals surface area contributed by atoms with Gasteiger partial charge in [0.25, 0.3) is 0 Å². The minimum Gasteiger partial charge on any atom is -0.396 e. The van der Waals surface area contributed by atoms with Crippen LogP contribution in [0.4, 0.5) is 13.2 Å². The Kier molecular flexibility index (Phi) is 3.85. The van der Waals surface area contributed by atoms with E-state index in [1.807, 2.05) is 0 Å². The lowest BCUT2D eigenvalue weighted by Gasteiger charge is -2.05. The van der Waals surface area contributed by atoms with Crippen LogP contribution in [-0.2, 0) is 6.18 Å². The highest BCUT2D eigenvalue weighted by atomic mass is 19.4. The molecule has 15 heavy (non-hydrogen) atoms. The number of nitrogens with zero attached hydrogens (tertiary/aromatic N) is 1. The SMILES string of the molecule is OCCC=Cc1ccc(C(F)(F)F)cn1. The number of aliphatic hydroxyl groups is 1. The number of hydrogen-bond acceptors (Lipinski definition) is 2. The van der Waals surface area contributed by atoms with Crippen molar-refractivity contribution in [1.29, 1.82) is 0 Å². The zero-order valence-electron chi connectivity index (χ0n) is 7.83. The second-order valence-electron chi connectivity index (χ2n) is 2.88. The molecule has 1 aromatic rings. The summed E-state index contributed by atoms with van der Waals surface area (Å²) in [4.78, 5) is 3.63. The van der Waals surface area contributed by atoms with Crippen molar-refractivity contribution in [1.82, 2.24) is 4.98 Å². The summed E-state index contributed by atoms with van der Waals surface area (Å²) in [5.41, 5.74) is -0.321. The van der Waals surface area contributed by atoms with Gasteiger partial charge in [-0.1, -0.05) is 6.08 Å². The van der Waals surface area contributed by atoms with E-state index in [0.29, 0.717) is 12.1 Å². The summed E-state index contributed by atoms with van der Waals surface area (Å²) < 4.78 is 36.4. The van der Waals surface area contributed by atoms with Crippen molar-refractivity contribution in [3.05, 3.63) is 35.7 Å². The van der Waals surface area contributed by atoms with Gasteiger partial charge in [-0.15, -0.1) is 0 Å². The summed E-state index contributed by atoms with van der Waals surface area (Å²) in [5.74, 6) is 0. The van der Waals surface area contributed by atoms with Gasteiger partial charge in [0.1, 0.15) is 0 Å². The summed E-state index contributed by atoms with van der Waals surface area (Å²) in [6.07, 6.45) is 0.119. The number of aliphatic hydroxyl groups excluding tert-OH is 1. The second-order valence-corrected chi connectivity index (χ2v) is 2.88. The molecule has 0 unspecified atom stereocenters. The Morgan fingerprint density at radius 2 is 2.07 bits per heavy atom. The molecule has 0 aromatic carbocycles. The second kappa shape index (κ2) is 4.93. The van der Waals surface area contributed by atoms with Crippen LogP contribution in [0.25, 0.3) is 6.08 Å². The van der Waals surface area contributed by atoms with Crippen molar-refractivity contribution >= 4 is 6.08 Å². The van der Waals surface area contributed by atoms with Crippen molar-refractivity contribution in [3.8, 4) is 0 Å². The Morgan fingerprint density at radius 1 is 1.33 bits per heavy atom. The maximum absolute atomic E-state index is 12.1. The molecule has 0 aliphatic carbocycles. The first-order valence-electron chi connectivity index (χ1n) is 4.34. The molecule has 0 atom stereocenters. The summed E-state index contributed by atoms with van der Waals surface area (Å²) in [6.45, 7) is 0.0110. The monoisotopic (exact) mass is 217 g/mol. The van der Waals surface area contributed by atoms with Crippen LogP contribution in [0.3, 0.4) is 0 Å². The predicted octanol–water partition coefficient (Wildman–Crippen LogP) is 2.50. The van der Waals surface area contributed by atoms with Gasteiger partial charge >= 0.3 is 6.18 Å². The first kappa shape index (κ1) is 11.7. The molecule has 0 amide bonds. The van der Waals surface area contributed by atoms with E-state index in [1.165, 1.54) is 6.07 Å². The van der Waals surface area contributed by atoms with Crippen LogP contribution in [0.15, 0.2) is 24.4 Å². The molecular weight excluding hydrogens is 207 g/mol. The van der Waals surface area contributed by atoms with Crippen LogP contribution < -0.4 is 0 Å². The fourth-order valence-corrected chi connectivity index (χ4v) is 0.950. The van der Waals surface area contributed by atoms with Crippen LogP contribution in [0.2, 0.25) is 0 Å². The molecule has 0 bridgehead atoms. The average Bonchev–Trinajstić information content (AvgIpc) is 2.18. The molecule has 0 saturated heterocycles. The fourth-order valence-electron chi connectivity index (χ4n) is 0.950. The van der Waals surface area contributed by atoms with Gasteiger partial charge in [0, 0.05) is 12.8 Å². The third-order valence-corrected chi connectivity index (χ3v) is 1.70. The number of halogens is 3. The van der Waals surface area contributed by atoms with Crippen LogP contribution in [0.1, 0.15) is 17.7 Å². The van der Waals surface area contributed by atoms with Crippen LogP contribution in [0, 0.1) is 0 Å². The van der Waals surface area contributed by atoms with Gasteiger partial charge in [-0.25, -0.2) is 0 Å². The molecule has 5 heteroatoms. The minimum absolute atomic E-state index is 0.0110. The van der Waals surface area contributed by atoms with E-state index >= 15 is 0 Å². The molecule has 2 nitrogen and oxygen atoms in total. The van der Waals surface area contributed by atoms with Crippen LogP contribution >= 0.6 is 0 Å². The quantitative estimate of drug-likeness (QED) is 0.843. The summed E-state index contributed by atoms with van der Waals surface area (Å²) in [7, 11) is 0. The Balaban J connectivity index is 2.73. The molecule has 1 heterocycles. The predicted molar refractivity (Wildman–Crippen MR) is 50.0 cm³/mol. The first-order valence-corrected chi connectivity index (χ1v) is 4.34. The van der Waals surface area contributed by atoms with Crippen molar-refractivity contribution < 1.29 is 18.3 Å². The van der Waals surface area contributed by atoms with Crippen molar-refractivity contribution in [2.24, 2.45) is 0 Å². The largest absolute Gasteiger partial charge is 0.417 e. The lowest BCUT2D eigenvalue weighted by molar-refractivity contribution is -0.137. The number of hydrogen-bond donors (Lipinski definition) is 1. The van der Waals surface area contributed by atoms with Gasteiger partial charge < -0.3 is 5.11 Å². The van der Waals surface area contributed by atoms with Gasteiger partial charge in [0.05, 0.1) is 11.3 Å². The van der Waals surface area contributed by atoms with Gasteiger partial charge in [-0.3, -0.25) is 4.98 Å². The maximum Gasteiger partial charge on any atom is 0.417 e. The highest BCUT2D eigenvalue weighted by Gasteiger charge is 2.30. The van der Waals surface area contributed by atoms with Crippen molar-refractivity contribution in [2.45, 2.75) is 12.6 Å². The molecule has 1 N–H and O–H groups in total. The normalized spacial score (nSPS) is 12.3.